The Hall–Kier alpha value is -2.89. The van der Waals surface area contributed by atoms with Crippen molar-refractivity contribution in [1.82, 2.24) is 15.4 Å². The Labute approximate surface area is 164 Å². The Morgan fingerprint density at radius 3 is 3.04 bits per heavy atom. The van der Waals surface area contributed by atoms with Crippen molar-refractivity contribution < 1.29 is 10.0 Å². The quantitative estimate of drug-likeness (QED) is 0.348. The van der Waals surface area contributed by atoms with Gasteiger partial charge in [-0.2, -0.15) is 0 Å². The molecular weight excluding hydrogens is 350 g/mol. The van der Waals surface area contributed by atoms with Crippen LogP contribution in [0.15, 0.2) is 54.7 Å². The SMILES string of the molecule is CN(CCc1c[nH]c2ccccc12)C1CCc2cc(/C=C/C(=O)NO)ccc21. The second-order valence-electron chi connectivity index (χ2n) is 7.41. The van der Waals surface area contributed by atoms with Crippen LogP contribution in [0.25, 0.3) is 17.0 Å². The Bertz CT molecular complexity index is 1020. The monoisotopic (exact) mass is 375 g/mol. The second-order valence-corrected chi connectivity index (χ2v) is 7.41. The number of nitrogens with one attached hydrogen (secondary N) is 2. The summed E-state index contributed by atoms with van der Waals surface area (Å²) in [5.41, 5.74) is 7.87. The summed E-state index contributed by atoms with van der Waals surface area (Å²) in [5.74, 6) is -0.518. The fourth-order valence-electron chi connectivity index (χ4n) is 4.18. The molecule has 1 aromatic heterocycles. The van der Waals surface area contributed by atoms with Crippen molar-refractivity contribution in [3.63, 3.8) is 0 Å². The van der Waals surface area contributed by atoms with E-state index >= 15 is 0 Å². The predicted octanol–water partition coefficient (Wildman–Crippen LogP) is 3.85. The number of nitrogens with zero attached hydrogens (tertiary/aromatic N) is 1. The number of aryl methyl sites for hydroxylation is 1. The molecule has 3 aromatic rings. The maximum atomic E-state index is 11.2. The first-order chi connectivity index (χ1) is 13.7. The first-order valence-electron chi connectivity index (χ1n) is 9.66. The van der Waals surface area contributed by atoms with Crippen molar-refractivity contribution in [2.45, 2.75) is 25.3 Å². The van der Waals surface area contributed by atoms with E-state index in [9.17, 15) is 4.79 Å². The average molecular weight is 375 g/mol. The molecule has 0 radical (unpaired) electrons. The topological polar surface area (TPSA) is 68.4 Å². The predicted molar refractivity (Wildman–Crippen MR) is 111 cm³/mol. The summed E-state index contributed by atoms with van der Waals surface area (Å²) in [5, 5.41) is 9.89. The van der Waals surface area contributed by atoms with E-state index in [0.717, 1.165) is 31.4 Å². The van der Waals surface area contributed by atoms with Gasteiger partial charge in [-0.25, -0.2) is 5.48 Å². The normalized spacial score (nSPS) is 16.2. The molecule has 28 heavy (non-hydrogen) atoms. The molecule has 1 aliphatic rings. The van der Waals surface area contributed by atoms with Gasteiger partial charge in [-0.3, -0.25) is 14.9 Å². The Balaban J connectivity index is 1.43. The van der Waals surface area contributed by atoms with Gasteiger partial charge in [0.05, 0.1) is 0 Å². The molecule has 0 aliphatic heterocycles. The van der Waals surface area contributed by atoms with Crippen LogP contribution >= 0.6 is 0 Å². The van der Waals surface area contributed by atoms with Gasteiger partial charge in [-0.1, -0.05) is 36.4 Å². The summed E-state index contributed by atoms with van der Waals surface area (Å²) in [7, 11) is 2.20. The number of H-pyrrole nitrogens is 1. The number of likely N-dealkylation sites (N-methyl/N-ethyl adjacent to an activating group) is 1. The molecule has 2 aromatic carbocycles. The van der Waals surface area contributed by atoms with Crippen molar-refractivity contribution >= 4 is 22.9 Å². The van der Waals surface area contributed by atoms with Crippen LogP contribution in [0.4, 0.5) is 0 Å². The van der Waals surface area contributed by atoms with Crippen LogP contribution in [-0.2, 0) is 17.6 Å². The molecular formula is C23H25N3O2. The lowest BCUT2D eigenvalue weighted by molar-refractivity contribution is -0.124. The number of amides is 1. The first-order valence-corrected chi connectivity index (χ1v) is 9.66. The number of hydrogen-bond donors (Lipinski definition) is 3. The van der Waals surface area contributed by atoms with Crippen molar-refractivity contribution in [1.29, 1.82) is 0 Å². The standard InChI is InChI=1S/C23H25N3O2/c1-26(13-12-18-15-24-21-5-3-2-4-19(18)21)22-10-8-17-14-16(6-9-20(17)22)7-11-23(27)25-28/h2-7,9,11,14-15,22,24,28H,8,10,12-13H2,1H3,(H,25,27)/b11-7+. The number of aromatic amines is 1. The van der Waals surface area contributed by atoms with Crippen LogP contribution in [0.5, 0.6) is 0 Å². The van der Waals surface area contributed by atoms with E-state index < -0.39 is 5.91 Å². The molecule has 0 saturated heterocycles. The second kappa shape index (κ2) is 8.00. The van der Waals surface area contributed by atoms with E-state index in [1.807, 2.05) is 6.07 Å². The maximum absolute atomic E-state index is 11.2. The fraction of sp³-hybridized carbons (Fsp3) is 0.261. The molecule has 144 valence electrons. The lowest BCUT2D eigenvalue weighted by Gasteiger charge is -2.25. The molecule has 1 aliphatic carbocycles. The molecule has 0 fully saturated rings. The van der Waals surface area contributed by atoms with Crippen LogP contribution in [-0.4, -0.2) is 34.6 Å². The first kappa shape index (κ1) is 18.5. The van der Waals surface area contributed by atoms with Crippen LogP contribution in [0.1, 0.15) is 34.7 Å². The lowest BCUT2D eigenvalue weighted by atomic mass is 10.0. The number of rotatable bonds is 6. The number of hydroxylamine groups is 1. The summed E-state index contributed by atoms with van der Waals surface area (Å²) < 4.78 is 0. The van der Waals surface area contributed by atoms with Crippen molar-refractivity contribution in [2.75, 3.05) is 13.6 Å². The molecule has 0 spiro atoms. The fourth-order valence-corrected chi connectivity index (χ4v) is 4.18. The minimum atomic E-state index is -0.518. The minimum absolute atomic E-state index is 0.430. The van der Waals surface area contributed by atoms with Gasteiger partial charge >= 0.3 is 0 Å². The maximum Gasteiger partial charge on any atom is 0.267 e. The zero-order valence-corrected chi connectivity index (χ0v) is 16.0. The number of fused-ring (bicyclic) bond motifs is 2. The smallest absolute Gasteiger partial charge is 0.267 e. The molecule has 5 nitrogen and oxygen atoms in total. The van der Waals surface area contributed by atoms with E-state index in [4.69, 9.17) is 5.21 Å². The number of carbonyl (C=O) groups excluding carboxylic acids is 1. The molecule has 3 N–H and O–H groups in total. The highest BCUT2D eigenvalue weighted by atomic mass is 16.5. The highest BCUT2D eigenvalue weighted by Gasteiger charge is 2.25. The van der Waals surface area contributed by atoms with E-state index in [1.54, 1.807) is 11.6 Å². The minimum Gasteiger partial charge on any atom is -0.361 e. The molecule has 1 atom stereocenters. The molecule has 1 amide bonds. The van der Waals surface area contributed by atoms with Crippen molar-refractivity contribution in [3.8, 4) is 0 Å². The molecule has 0 saturated carbocycles. The Morgan fingerprint density at radius 1 is 1.32 bits per heavy atom. The summed E-state index contributed by atoms with van der Waals surface area (Å²) in [6, 6.07) is 15.2. The number of hydrogen-bond acceptors (Lipinski definition) is 3. The van der Waals surface area contributed by atoms with Gasteiger partial charge < -0.3 is 4.98 Å². The highest BCUT2D eigenvalue weighted by molar-refractivity contribution is 5.90. The summed E-state index contributed by atoms with van der Waals surface area (Å²) in [4.78, 5) is 17.0. The average Bonchev–Trinajstić information content (AvgIpc) is 3.34. The van der Waals surface area contributed by atoms with E-state index in [-0.39, 0.29) is 0 Å². The summed E-state index contributed by atoms with van der Waals surface area (Å²) in [6.45, 7) is 1.00. The Kier molecular flexibility index (Phi) is 5.28. The van der Waals surface area contributed by atoms with Gasteiger partial charge in [0.25, 0.3) is 5.91 Å². The van der Waals surface area contributed by atoms with E-state index in [0.29, 0.717) is 6.04 Å². The summed E-state index contributed by atoms with van der Waals surface area (Å²) >= 11 is 0. The van der Waals surface area contributed by atoms with Crippen molar-refractivity contribution in [3.05, 3.63) is 77.0 Å². The van der Waals surface area contributed by atoms with E-state index in [2.05, 4.69) is 59.5 Å². The van der Waals surface area contributed by atoms with Gasteiger partial charge in [0, 0.05) is 35.8 Å². The number of aromatic nitrogens is 1. The van der Waals surface area contributed by atoms with Gasteiger partial charge in [-0.15, -0.1) is 0 Å². The van der Waals surface area contributed by atoms with Crippen molar-refractivity contribution in [2.24, 2.45) is 0 Å². The third kappa shape index (κ3) is 3.72. The van der Waals surface area contributed by atoms with Crippen LogP contribution < -0.4 is 5.48 Å². The number of carbonyl (C=O) groups is 1. The van der Waals surface area contributed by atoms with Crippen LogP contribution in [0, 0.1) is 0 Å². The van der Waals surface area contributed by atoms with E-state index in [1.165, 1.54) is 33.7 Å². The number of benzene rings is 2. The zero-order chi connectivity index (χ0) is 19.5. The number of para-hydroxylation sites is 1. The largest absolute Gasteiger partial charge is 0.361 e. The third-order valence-corrected chi connectivity index (χ3v) is 5.69. The molecule has 0 bridgehead atoms. The zero-order valence-electron chi connectivity index (χ0n) is 16.0. The molecule has 4 rings (SSSR count). The van der Waals surface area contributed by atoms with Gasteiger partial charge in [0.2, 0.25) is 0 Å². The highest BCUT2D eigenvalue weighted by Crippen LogP contribution is 2.36. The van der Waals surface area contributed by atoms with Crippen LogP contribution in [0.2, 0.25) is 0 Å². The third-order valence-electron chi connectivity index (χ3n) is 5.69. The van der Waals surface area contributed by atoms with Gasteiger partial charge in [0.15, 0.2) is 0 Å². The summed E-state index contributed by atoms with van der Waals surface area (Å²) in [6.07, 6.45) is 8.36. The van der Waals surface area contributed by atoms with Gasteiger partial charge in [-0.05, 0) is 60.7 Å². The Morgan fingerprint density at radius 2 is 2.18 bits per heavy atom. The molecule has 5 heteroatoms. The molecule has 1 heterocycles. The molecule has 1 unspecified atom stereocenters. The lowest BCUT2D eigenvalue weighted by Crippen LogP contribution is -2.25. The van der Waals surface area contributed by atoms with Gasteiger partial charge in [0.1, 0.15) is 0 Å². The van der Waals surface area contributed by atoms with Crippen LogP contribution in [0.3, 0.4) is 0 Å².